The second-order valence-electron chi connectivity index (χ2n) is 6.80. The Balaban J connectivity index is 2.11. The number of hydrogen-bond acceptors (Lipinski definition) is 6. The normalized spacial score (nSPS) is 11.3. The number of anilines is 1. The summed E-state index contributed by atoms with van der Waals surface area (Å²) in [5, 5.41) is 15.0. The molecule has 5 N–H and O–H groups in total. The van der Waals surface area contributed by atoms with Gasteiger partial charge in [-0.3, -0.25) is 14.0 Å². The first-order valence-corrected chi connectivity index (χ1v) is 9.13. The molecule has 0 fully saturated rings. The number of amides is 1. The van der Waals surface area contributed by atoms with E-state index in [0.717, 1.165) is 11.3 Å². The number of nitrogens with two attached hydrogens (primary N) is 2. The fourth-order valence-electron chi connectivity index (χ4n) is 3.64. The van der Waals surface area contributed by atoms with Gasteiger partial charge in [-0.1, -0.05) is 6.07 Å². The maximum atomic E-state index is 12.1. The maximum Gasteiger partial charge on any atom is 0.253 e. The lowest BCUT2D eigenvalue weighted by atomic mass is 10.1. The van der Waals surface area contributed by atoms with Crippen LogP contribution in [-0.4, -0.2) is 35.3 Å². The Morgan fingerprint density at radius 1 is 1.24 bits per heavy atom. The molecule has 0 bridgehead atoms. The average molecular weight is 391 g/mol. The van der Waals surface area contributed by atoms with E-state index in [1.54, 1.807) is 40.7 Å². The highest BCUT2D eigenvalue weighted by Crippen LogP contribution is 2.35. The minimum Gasteiger partial charge on any atom is -0.508 e. The maximum absolute atomic E-state index is 12.1. The van der Waals surface area contributed by atoms with Crippen molar-refractivity contribution in [1.82, 2.24) is 24.3 Å². The summed E-state index contributed by atoms with van der Waals surface area (Å²) in [6.07, 6.45) is 3.23. The number of aromatic nitrogens is 5. The summed E-state index contributed by atoms with van der Waals surface area (Å²) in [6, 6.07) is 5.22. The molecule has 0 radical (unpaired) electrons. The van der Waals surface area contributed by atoms with Crippen LogP contribution in [0.15, 0.2) is 30.6 Å². The van der Waals surface area contributed by atoms with Gasteiger partial charge in [-0.05, 0) is 38.5 Å². The molecule has 0 aliphatic heterocycles. The molecule has 1 aromatic carbocycles. The van der Waals surface area contributed by atoms with Crippen molar-refractivity contribution in [1.29, 1.82) is 0 Å². The van der Waals surface area contributed by atoms with Gasteiger partial charge in [-0.2, -0.15) is 5.10 Å². The van der Waals surface area contributed by atoms with Gasteiger partial charge >= 0.3 is 0 Å². The van der Waals surface area contributed by atoms with Crippen molar-refractivity contribution in [3.8, 4) is 23.0 Å². The second-order valence-corrected chi connectivity index (χ2v) is 6.80. The molecule has 4 rings (SSSR count). The van der Waals surface area contributed by atoms with E-state index >= 15 is 0 Å². The molecule has 3 heterocycles. The zero-order valence-electron chi connectivity index (χ0n) is 16.3. The van der Waals surface area contributed by atoms with Crippen LogP contribution < -0.4 is 11.5 Å². The third-order valence-electron chi connectivity index (χ3n) is 5.07. The van der Waals surface area contributed by atoms with E-state index in [1.165, 1.54) is 0 Å². The summed E-state index contributed by atoms with van der Waals surface area (Å²) < 4.78 is 3.43. The molecule has 9 heteroatoms. The third-order valence-corrected chi connectivity index (χ3v) is 5.07. The zero-order chi connectivity index (χ0) is 20.9. The van der Waals surface area contributed by atoms with Gasteiger partial charge in [-0.15, -0.1) is 0 Å². The van der Waals surface area contributed by atoms with Crippen LogP contribution in [0.2, 0.25) is 0 Å². The number of rotatable bonds is 4. The van der Waals surface area contributed by atoms with Crippen LogP contribution in [0.25, 0.3) is 28.2 Å². The van der Waals surface area contributed by atoms with E-state index in [4.69, 9.17) is 16.5 Å². The van der Waals surface area contributed by atoms with Crippen LogP contribution in [0.3, 0.4) is 0 Å². The van der Waals surface area contributed by atoms with E-state index in [9.17, 15) is 9.90 Å². The van der Waals surface area contributed by atoms with Gasteiger partial charge in [0.2, 0.25) is 0 Å². The SMILES string of the molecule is CCn1nccc1-c1ncc2c(C(N)=O)c(N)n(-c3c(C)ccc(O)c3C)c2n1. The van der Waals surface area contributed by atoms with Gasteiger partial charge in [0.05, 0.1) is 16.6 Å². The Labute approximate surface area is 166 Å². The first kappa shape index (κ1) is 18.5. The molecule has 0 saturated carbocycles. The monoisotopic (exact) mass is 391 g/mol. The summed E-state index contributed by atoms with van der Waals surface area (Å²) in [7, 11) is 0. The number of nitrogens with zero attached hydrogens (tertiary/aromatic N) is 5. The van der Waals surface area contributed by atoms with E-state index in [1.807, 2.05) is 19.9 Å². The van der Waals surface area contributed by atoms with E-state index < -0.39 is 5.91 Å². The average Bonchev–Trinajstić information content (AvgIpc) is 3.27. The van der Waals surface area contributed by atoms with Crippen molar-refractivity contribution >= 4 is 22.8 Å². The van der Waals surface area contributed by atoms with Gasteiger partial charge < -0.3 is 16.6 Å². The molecule has 0 aliphatic rings. The van der Waals surface area contributed by atoms with Crippen molar-refractivity contribution in [3.05, 3.63) is 47.3 Å². The van der Waals surface area contributed by atoms with E-state index in [2.05, 4.69) is 10.1 Å². The molecule has 0 atom stereocenters. The van der Waals surface area contributed by atoms with Gasteiger partial charge in [0.1, 0.15) is 17.3 Å². The Morgan fingerprint density at radius 2 is 2.00 bits per heavy atom. The van der Waals surface area contributed by atoms with Gasteiger partial charge in [0, 0.05) is 24.5 Å². The topological polar surface area (TPSA) is 138 Å². The molecule has 0 unspecified atom stereocenters. The van der Waals surface area contributed by atoms with Crippen molar-refractivity contribution < 1.29 is 9.90 Å². The predicted molar refractivity (Wildman–Crippen MR) is 110 cm³/mol. The smallest absolute Gasteiger partial charge is 0.253 e. The lowest BCUT2D eigenvalue weighted by molar-refractivity contribution is 0.100. The summed E-state index contributed by atoms with van der Waals surface area (Å²) >= 11 is 0. The Kier molecular flexibility index (Phi) is 4.22. The van der Waals surface area contributed by atoms with E-state index in [0.29, 0.717) is 34.7 Å². The number of aryl methyl sites for hydroxylation is 2. The number of hydrogen-bond donors (Lipinski definition) is 3. The summed E-state index contributed by atoms with van der Waals surface area (Å²) in [6.45, 7) is 6.30. The number of phenolic OH excluding ortho intramolecular Hbond substituents is 1. The van der Waals surface area contributed by atoms with Crippen LogP contribution in [0.1, 0.15) is 28.4 Å². The minimum absolute atomic E-state index is 0.116. The Hall–Kier alpha value is -3.88. The molecule has 0 saturated heterocycles. The van der Waals surface area contributed by atoms with Crippen molar-refractivity contribution in [2.45, 2.75) is 27.3 Å². The molecule has 4 aromatic rings. The highest BCUT2D eigenvalue weighted by atomic mass is 16.3. The van der Waals surface area contributed by atoms with Crippen molar-refractivity contribution in [2.75, 3.05) is 5.73 Å². The summed E-state index contributed by atoms with van der Waals surface area (Å²) in [5.41, 5.74) is 15.4. The number of primary amides is 1. The molecular formula is C20H21N7O2. The van der Waals surface area contributed by atoms with Crippen LogP contribution in [0, 0.1) is 13.8 Å². The van der Waals surface area contributed by atoms with Crippen LogP contribution in [0.5, 0.6) is 5.75 Å². The van der Waals surface area contributed by atoms with E-state index in [-0.39, 0.29) is 17.1 Å². The summed E-state index contributed by atoms with van der Waals surface area (Å²) in [5.74, 6) is 0.0456. The van der Waals surface area contributed by atoms with Crippen molar-refractivity contribution in [2.24, 2.45) is 5.73 Å². The Morgan fingerprint density at radius 3 is 2.69 bits per heavy atom. The standard InChI is InChI=1S/C20H21N7O2/c1-4-26-13(7-8-24-26)19-23-9-12-15(18(22)29)17(21)27(20(12)25-19)16-10(2)5-6-14(28)11(16)3/h5-9,28H,4,21H2,1-3H3,(H2,22,29). The lowest BCUT2D eigenvalue weighted by Gasteiger charge is -2.15. The number of carbonyl (C=O) groups excluding carboxylic acids is 1. The second kappa shape index (κ2) is 6.62. The first-order chi connectivity index (χ1) is 13.8. The fraction of sp³-hybridized carbons (Fsp3) is 0.200. The molecule has 29 heavy (non-hydrogen) atoms. The molecule has 3 aromatic heterocycles. The zero-order valence-corrected chi connectivity index (χ0v) is 16.3. The number of fused-ring (bicyclic) bond motifs is 1. The van der Waals surface area contributed by atoms with Crippen LogP contribution in [-0.2, 0) is 6.54 Å². The van der Waals surface area contributed by atoms with Crippen LogP contribution in [0.4, 0.5) is 5.82 Å². The fourth-order valence-corrected chi connectivity index (χ4v) is 3.64. The number of carbonyl (C=O) groups is 1. The van der Waals surface area contributed by atoms with Gasteiger partial charge in [0.25, 0.3) is 5.91 Å². The largest absolute Gasteiger partial charge is 0.508 e. The quantitative estimate of drug-likeness (QED) is 0.488. The summed E-state index contributed by atoms with van der Waals surface area (Å²) in [4.78, 5) is 21.3. The van der Waals surface area contributed by atoms with Gasteiger partial charge in [-0.25, -0.2) is 9.97 Å². The predicted octanol–water partition coefficient (Wildman–Crippen LogP) is 2.31. The van der Waals surface area contributed by atoms with Crippen molar-refractivity contribution in [3.63, 3.8) is 0 Å². The minimum atomic E-state index is -0.670. The molecule has 9 nitrogen and oxygen atoms in total. The number of phenols is 1. The molecule has 0 aliphatic carbocycles. The lowest BCUT2D eigenvalue weighted by Crippen LogP contribution is -2.14. The molecule has 0 spiro atoms. The first-order valence-electron chi connectivity index (χ1n) is 9.13. The van der Waals surface area contributed by atoms with Crippen LogP contribution >= 0.6 is 0 Å². The highest BCUT2D eigenvalue weighted by Gasteiger charge is 2.25. The third kappa shape index (κ3) is 2.70. The molecular weight excluding hydrogens is 370 g/mol. The van der Waals surface area contributed by atoms with Gasteiger partial charge in [0.15, 0.2) is 11.5 Å². The highest BCUT2D eigenvalue weighted by molar-refractivity contribution is 6.11. The molecule has 148 valence electrons. The molecule has 1 amide bonds. The Bertz CT molecular complexity index is 1270. The number of benzene rings is 1. The number of nitrogen functional groups attached to an aromatic ring is 1. The number of aromatic hydroxyl groups is 1.